The van der Waals surface area contributed by atoms with Crippen LogP contribution in [0, 0.1) is 11.8 Å². The SMILES string of the molecule is C#N.NC=CCc1cn([C@@H]2O[C@H](COP(=O)(O)OP(=O)(O)OP(=O)(O)O)[C@@H](O)[C@H]2O)c(=O)nc1N. The highest BCUT2D eigenvalue weighted by atomic mass is 31.3. The number of phosphoric acid groups is 3. The number of allylic oxidation sites excluding steroid dienone is 1. The third kappa shape index (κ3) is 9.18. The topological polar surface area (TPSA) is 320 Å². The monoisotopic (exact) mass is 565 g/mol. The highest BCUT2D eigenvalue weighted by Crippen LogP contribution is 2.66. The third-order valence-corrected chi connectivity index (χ3v) is 7.77. The number of nitrogens with zero attached hydrogens (tertiary/aromatic N) is 3. The summed E-state index contributed by atoms with van der Waals surface area (Å²) in [5.74, 6) is -0.119. The number of nitriles is 1. The highest BCUT2D eigenvalue weighted by molar-refractivity contribution is 7.66. The van der Waals surface area contributed by atoms with Crippen molar-refractivity contribution in [2.24, 2.45) is 5.73 Å². The molecular formula is C13H22N5O14P3. The maximum Gasteiger partial charge on any atom is 0.490 e. The van der Waals surface area contributed by atoms with Gasteiger partial charge in [-0.15, -0.1) is 0 Å². The van der Waals surface area contributed by atoms with E-state index in [9.17, 15) is 33.6 Å². The van der Waals surface area contributed by atoms with Gasteiger partial charge in [0.2, 0.25) is 0 Å². The Labute approximate surface area is 196 Å². The molecule has 1 fully saturated rings. The fourth-order valence-electron chi connectivity index (χ4n) is 2.62. The molecule has 2 unspecified atom stereocenters. The van der Waals surface area contributed by atoms with Gasteiger partial charge < -0.3 is 46.0 Å². The van der Waals surface area contributed by atoms with E-state index in [1.54, 1.807) is 0 Å². The van der Waals surface area contributed by atoms with E-state index in [-0.39, 0.29) is 12.2 Å². The van der Waals surface area contributed by atoms with Gasteiger partial charge in [0.15, 0.2) is 6.23 Å². The van der Waals surface area contributed by atoms with E-state index in [1.165, 1.54) is 18.5 Å². The largest absolute Gasteiger partial charge is 0.490 e. The number of aliphatic hydroxyl groups excluding tert-OH is 2. The Balaban J connectivity index is 0.00000298. The summed E-state index contributed by atoms with van der Waals surface area (Å²) in [7, 11) is -16.8. The summed E-state index contributed by atoms with van der Waals surface area (Å²) in [5, 5.41) is 26.9. The molecule has 0 radical (unpaired) electrons. The molecular weight excluding hydrogens is 543 g/mol. The molecule has 35 heavy (non-hydrogen) atoms. The minimum atomic E-state index is -5.74. The second kappa shape index (κ2) is 12.3. The van der Waals surface area contributed by atoms with Gasteiger partial charge in [0.25, 0.3) is 0 Å². The molecule has 0 aliphatic carbocycles. The molecule has 6 atom stereocenters. The van der Waals surface area contributed by atoms with E-state index in [0.29, 0.717) is 5.56 Å². The highest BCUT2D eigenvalue weighted by Gasteiger charge is 2.46. The second-order valence-electron chi connectivity index (χ2n) is 6.41. The lowest BCUT2D eigenvalue weighted by Gasteiger charge is -2.19. The van der Waals surface area contributed by atoms with Gasteiger partial charge in [-0.25, -0.2) is 23.8 Å². The molecule has 2 heterocycles. The van der Waals surface area contributed by atoms with Crippen LogP contribution in [0.15, 0.2) is 23.3 Å². The fraction of sp³-hybridized carbons (Fsp3) is 0.462. The maximum atomic E-state index is 12.2. The molecule has 1 aliphatic rings. The maximum absolute atomic E-state index is 12.2. The zero-order valence-corrected chi connectivity index (χ0v) is 20.0. The average Bonchev–Trinajstić information content (AvgIpc) is 2.99. The van der Waals surface area contributed by atoms with Crippen molar-refractivity contribution in [1.29, 1.82) is 5.26 Å². The van der Waals surface area contributed by atoms with Crippen LogP contribution in [0.2, 0.25) is 0 Å². The minimum Gasteiger partial charge on any atom is -0.405 e. The van der Waals surface area contributed by atoms with Crippen LogP contribution in [0.4, 0.5) is 5.82 Å². The van der Waals surface area contributed by atoms with E-state index in [4.69, 9.17) is 36.1 Å². The number of anilines is 1. The van der Waals surface area contributed by atoms with Crippen LogP contribution < -0.4 is 17.2 Å². The zero-order valence-electron chi connectivity index (χ0n) is 17.3. The van der Waals surface area contributed by atoms with Crippen molar-refractivity contribution in [2.75, 3.05) is 12.3 Å². The Hall–Kier alpha value is -2.00. The first-order chi connectivity index (χ1) is 16.1. The second-order valence-corrected chi connectivity index (χ2v) is 10.8. The molecule has 10 N–H and O–H groups in total. The lowest BCUT2D eigenvalue weighted by atomic mass is 10.1. The fourth-order valence-corrected chi connectivity index (χ4v) is 5.65. The number of phosphoric ester groups is 1. The quantitative estimate of drug-likeness (QED) is 0.141. The number of aromatic nitrogens is 2. The van der Waals surface area contributed by atoms with E-state index in [2.05, 4.69) is 24.7 Å². The van der Waals surface area contributed by atoms with E-state index >= 15 is 0 Å². The molecule has 0 spiro atoms. The number of nitrogens with two attached hydrogens (primary N) is 2. The molecule has 19 nitrogen and oxygen atoms in total. The van der Waals surface area contributed by atoms with Gasteiger partial charge in [-0.3, -0.25) is 9.09 Å². The van der Waals surface area contributed by atoms with Crippen molar-refractivity contribution < 1.29 is 61.4 Å². The summed E-state index contributed by atoms with van der Waals surface area (Å²) in [6.45, 7) is 2.46. The zero-order chi connectivity index (χ0) is 27.2. The first-order valence-electron chi connectivity index (χ1n) is 8.85. The van der Waals surface area contributed by atoms with Crippen molar-refractivity contribution in [3.63, 3.8) is 0 Å². The number of nitrogen functional groups attached to an aromatic ring is 1. The lowest BCUT2D eigenvalue weighted by Crippen LogP contribution is -2.36. The first kappa shape index (κ1) is 31.0. The van der Waals surface area contributed by atoms with Crippen LogP contribution in [0.5, 0.6) is 0 Å². The molecule has 1 saturated heterocycles. The van der Waals surface area contributed by atoms with Crippen molar-refractivity contribution in [3.05, 3.63) is 34.5 Å². The summed E-state index contributed by atoms with van der Waals surface area (Å²) in [5.41, 5.74) is 10.3. The first-order valence-corrected chi connectivity index (χ1v) is 13.4. The predicted octanol–water partition coefficient (Wildman–Crippen LogP) is -2.06. The van der Waals surface area contributed by atoms with Crippen LogP contribution in [0.25, 0.3) is 0 Å². The number of rotatable bonds is 10. The van der Waals surface area contributed by atoms with Gasteiger partial charge in [0.1, 0.15) is 24.1 Å². The molecule has 1 aromatic heterocycles. The Morgan fingerprint density at radius 1 is 1.14 bits per heavy atom. The molecule has 1 aliphatic heterocycles. The van der Waals surface area contributed by atoms with Gasteiger partial charge in [0.05, 0.1) is 6.61 Å². The molecule has 2 rings (SSSR count). The molecule has 0 saturated carbocycles. The van der Waals surface area contributed by atoms with Gasteiger partial charge in [-0.2, -0.15) is 13.6 Å². The van der Waals surface area contributed by atoms with Crippen LogP contribution in [-0.2, 0) is 38.0 Å². The molecule has 198 valence electrons. The summed E-state index contributed by atoms with van der Waals surface area (Å²) >= 11 is 0. The predicted molar refractivity (Wildman–Crippen MR) is 112 cm³/mol. The summed E-state index contributed by atoms with van der Waals surface area (Å²) in [4.78, 5) is 51.4. The molecule has 0 aromatic carbocycles. The van der Waals surface area contributed by atoms with Crippen molar-refractivity contribution >= 4 is 29.3 Å². The van der Waals surface area contributed by atoms with Crippen molar-refractivity contribution in [1.82, 2.24) is 9.55 Å². The lowest BCUT2D eigenvalue weighted by molar-refractivity contribution is -0.0542. The van der Waals surface area contributed by atoms with E-state index in [0.717, 1.165) is 4.57 Å². The Morgan fingerprint density at radius 3 is 2.29 bits per heavy atom. The number of hydrogen-bond acceptors (Lipinski definition) is 14. The number of ether oxygens (including phenoxy) is 1. The van der Waals surface area contributed by atoms with Gasteiger partial charge in [-0.1, -0.05) is 6.08 Å². The minimum absolute atomic E-state index is 0.119. The molecule has 0 bridgehead atoms. The van der Waals surface area contributed by atoms with E-state index < -0.39 is 60.3 Å². The summed E-state index contributed by atoms with van der Waals surface area (Å²) < 4.78 is 51.3. The van der Waals surface area contributed by atoms with Gasteiger partial charge in [-0.05, 0) is 12.6 Å². The van der Waals surface area contributed by atoms with Crippen LogP contribution >= 0.6 is 23.5 Å². The van der Waals surface area contributed by atoms with Crippen molar-refractivity contribution in [3.8, 4) is 6.57 Å². The van der Waals surface area contributed by atoms with Crippen molar-refractivity contribution in [2.45, 2.75) is 31.0 Å². The third-order valence-electron chi connectivity index (χ3n) is 3.96. The molecule has 22 heteroatoms. The number of hydrogen-bond donors (Lipinski definition) is 8. The van der Waals surface area contributed by atoms with Crippen LogP contribution in [-0.4, -0.2) is 64.3 Å². The Kier molecular flexibility index (Phi) is 10.9. The number of aliphatic hydroxyl groups is 2. The van der Waals surface area contributed by atoms with Gasteiger partial charge in [0, 0.05) is 18.3 Å². The summed E-state index contributed by atoms with van der Waals surface area (Å²) in [6, 6.07) is 0. The standard InChI is InChI=1S/C12H21N4O14P3.CHN/c13-3-1-2-6-4-16(12(19)15-10(6)14)11-9(18)8(17)7(28-11)5-27-32(23,24)30-33(25,26)29-31(20,21)22;1-2/h1,3-4,7-9,11,17-18H,2,5,13H2,(H,23,24)(H,25,26)(H2,14,15,19)(H2,20,21,22);1H/t7-,8-,9-,11-;/m1./s1. The Morgan fingerprint density at radius 2 is 1.74 bits per heavy atom. The van der Waals surface area contributed by atoms with Crippen LogP contribution in [0.3, 0.4) is 0 Å². The normalized spacial score (nSPS) is 25.9. The molecule has 0 amide bonds. The van der Waals surface area contributed by atoms with Gasteiger partial charge >= 0.3 is 29.2 Å². The summed E-state index contributed by atoms with van der Waals surface area (Å²) in [6.07, 6.45) is -2.61. The Bertz CT molecular complexity index is 1130. The van der Waals surface area contributed by atoms with Crippen LogP contribution in [0.1, 0.15) is 11.8 Å². The average molecular weight is 565 g/mol. The van der Waals surface area contributed by atoms with E-state index in [1.807, 2.05) is 0 Å². The molecule has 1 aromatic rings. The smallest absolute Gasteiger partial charge is 0.405 e.